The fourth-order valence-corrected chi connectivity index (χ4v) is 3.80. The molecule has 0 spiro atoms. The van der Waals surface area contributed by atoms with Crippen molar-refractivity contribution in [3.05, 3.63) is 60.2 Å². The van der Waals surface area contributed by atoms with E-state index in [1.54, 1.807) is 11.9 Å². The van der Waals surface area contributed by atoms with Crippen molar-refractivity contribution in [2.45, 2.75) is 32.2 Å². The topological polar surface area (TPSA) is 59.1 Å². The number of alkyl halides is 3. The Morgan fingerprint density at radius 3 is 2.42 bits per heavy atom. The third-order valence-corrected chi connectivity index (χ3v) is 5.40. The quantitative estimate of drug-likeness (QED) is 0.586. The molecule has 2 amide bonds. The maximum atomic E-state index is 12.9. The molecule has 1 heterocycles. The number of hydrogen-bond donors (Lipinski definition) is 0. The lowest BCUT2D eigenvalue weighted by Crippen LogP contribution is -2.46. The number of hydrogen-bond acceptors (Lipinski definition) is 4. The smallest absolute Gasteiger partial charge is 0.493 e. The Labute approximate surface area is 190 Å². The summed E-state index contributed by atoms with van der Waals surface area (Å²) in [5.41, 5.74) is 0.683. The van der Waals surface area contributed by atoms with Gasteiger partial charge in [0.05, 0.1) is 18.9 Å². The van der Waals surface area contributed by atoms with Gasteiger partial charge in [0.15, 0.2) is 0 Å². The molecule has 33 heavy (non-hydrogen) atoms. The van der Waals surface area contributed by atoms with E-state index in [-0.39, 0.29) is 43.1 Å². The lowest BCUT2D eigenvalue weighted by atomic mass is 9.96. The van der Waals surface area contributed by atoms with Crippen LogP contribution in [0, 0.1) is 5.92 Å². The zero-order chi connectivity index (χ0) is 23.8. The van der Waals surface area contributed by atoms with Gasteiger partial charge in [-0.05, 0) is 42.7 Å². The Kier molecular flexibility index (Phi) is 8.19. The zero-order valence-electron chi connectivity index (χ0n) is 18.4. The molecule has 1 atom stereocenters. The highest BCUT2D eigenvalue weighted by atomic mass is 19.4. The molecule has 1 unspecified atom stereocenters. The molecule has 1 saturated heterocycles. The second kappa shape index (κ2) is 11.1. The summed E-state index contributed by atoms with van der Waals surface area (Å²) in [6, 6.07) is 14.7. The van der Waals surface area contributed by atoms with Crippen molar-refractivity contribution in [1.82, 2.24) is 9.80 Å². The number of likely N-dealkylation sites (tertiary alicyclic amines) is 1. The van der Waals surface area contributed by atoms with E-state index >= 15 is 0 Å². The molecule has 0 saturated carbocycles. The van der Waals surface area contributed by atoms with E-state index in [2.05, 4.69) is 4.74 Å². The van der Waals surface area contributed by atoms with Gasteiger partial charge in [-0.3, -0.25) is 9.59 Å². The van der Waals surface area contributed by atoms with Gasteiger partial charge in [-0.15, -0.1) is 13.2 Å². The maximum Gasteiger partial charge on any atom is 0.573 e. The van der Waals surface area contributed by atoms with Gasteiger partial charge < -0.3 is 19.3 Å². The van der Waals surface area contributed by atoms with Crippen LogP contribution in [0.3, 0.4) is 0 Å². The van der Waals surface area contributed by atoms with Crippen LogP contribution in [-0.2, 0) is 16.1 Å². The minimum atomic E-state index is -4.74. The Morgan fingerprint density at radius 2 is 1.76 bits per heavy atom. The van der Waals surface area contributed by atoms with Gasteiger partial charge in [0.25, 0.3) is 0 Å². The van der Waals surface area contributed by atoms with Gasteiger partial charge >= 0.3 is 6.36 Å². The summed E-state index contributed by atoms with van der Waals surface area (Å²) in [7, 11) is 1.65. The summed E-state index contributed by atoms with van der Waals surface area (Å²) in [6.45, 7) is 1.48. The fourth-order valence-electron chi connectivity index (χ4n) is 3.80. The SMILES string of the molecule is CN(Cc1ccc(OC(F)(F)F)cc1)C(=O)C1CCCN(C(=O)CCOc2ccccc2)C1. The van der Waals surface area contributed by atoms with Crippen molar-refractivity contribution in [1.29, 1.82) is 0 Å². The van der Waals surface area contributed by atoms with E-state index in [9.17, 15) is 22.8 Å². The summed E-state index contributed by atoms with van der Waals surface area (Å²) in [5.74, 6) is -0.0555. The molecular formula is C24H27F3N2O4. The predicted octanol–water partition coefficient (Wildman–Crippen LogP) is 4.25. The number of benzene rings is 2. The standard InChI is InChI=1S/C24H27F3N2O4/c1-28(16-18-9-11-21(12-10-18)33-24(25,26)27)23(31)19-6-5-14-29(17-19)22(30)13-15-32-20-7-3-2-4-8-20/h2-4,7-12,19H,5-6,13-17H2,1H3. The van der Waals surface area contributed by atoms with Crippen molar-refractivity contribution in [3.8, 4) is 11.5 Å². The van der Waals surface area contributed by atoms with Gasteiger partial charge in [0, 0.05) is 26.7 Å². The molecule has 6 nitrogen and oxygen atoms in total. The first-order valence-corrected chi connectivity index (χ1v) is 10.8. The largest absolute Gasteiger partial charge is 0.573 e. The van der Waals surface area contributed by atoms with Crippen LogP contribution in [0.25, 0.3) is 0 Å². The minimum absolute atomic E-state index is 0.0497. The predicted molar refractivity (Wildman–Crippen MR) is 115 cm³/mol. The van der Waals surface area contributed by atoms with Gasteiger partial charge in [-0.25, -0.2) is 0 Å². The summed E-state index contributed by atoms with van der Waals surface area (Å²) >= 11 is 0. The van der Waals surface area contributed by atoms with Crippen molar-refractivity contribution in [2.24, 2.45) is 5.92 Å². The van der Waals surface area contributed by atoms with Crippen molar-refractivity contribution in [2.75, 3.05) is 26.7 Å². The highest BCUT2D eigenvalue weighted by Gasteiger charge is 2.31. The fraction of sp³-hybridized carbons (Fsp3) is 0.417. The molecule has 178 valence electrons. The number of carbonyl (C=O) groups excluding carboxylic acids is 2. The Balaban J connectivity index is 1.47. The molecule has 2 aromatic carbocycles. The zero-order valence-corrected chi connectivity index (χ0v) is 18.4. The summed E-state index contributed by atoms with van der Waals surface area (Å²) in [5, 5.41) is 0. The number of halogens is 3. The minimum Gasteiger partial charge on any atom is -0.493 e. The first-order valence-electron chi connectivity index (χ1n) is 10.8. The number of amides is 2. The average Bonchev–Trinajstić information content (AvgIpc) is 2.79. The van der Waals surface area contributed by atoms with Crippen LogP contribution in [0.4, 0.5) is 13.2 Å². The summed E-state index contributed by atoms with van der Waals surface area (Å²) < 4.78 is 46.3. The Bertz CT molecular complexity index is 920. The van der Waals surface area contributed by atoms with E-state index in [0.717, 1.165) is 6.42 Å². The van der Waals surface area contributed by atoms with E-state index in [1.807, 2.05) is 30.3 Å². The Hall–Kier alpha value is -3.23. The van der Waals surface area contributed by atoms with E-state index in [4.69, 9.17) is 4.74 Å². The van der Waals surface area contributed by atoms with Crippen LogP contribution < -0.4 is 9.47 Å². The van der Waals surface area contributed by atoms with Crippen LogP contribution in [0.1, 0.15) is 24.8 Å². The monoisotopic (exact) mass is 464 g/mol. The average molecular weight is 464 g/mol. The third-order valence-electron chi connectivity index (χ3n) is 5.40. The van der Waals surface area contributed by atoms with E-state index in [0.29, 0.717) is 30.8 Å². The molecule has 3 rings (SSSR count). The number of ether oxygens (including phenoxy) is 2. The number of rotatable bonds is 8. The highest BCUT2D eigenvalue weighted by molar-refractivity contribution is 5.81. The molecule has 2 aromatic rings. The van der Waals surface area contributed by atoms with Crippen LogP contribution in [0.5, 0.6) is 11.5 Å². The molecule has 0 N–H and O–H groups in total. The number of para-hydroxylation sites is 1. The second-order valence-corrected chi connectivity index (χ2v) is 7.98. The van der Waals surface area contributed by atoms with Crippen LogP contribution in [0.2, 0.25) is 0 Å². The van der Waals surface area contributed by atoms with Gasteiger partial charge in [-0.1, -0.05) is 30.3 Å². The van der Waals surface area contributed by atoms with Crippen LogP contribution in [-0.4, -0.2) is 54.7 Å². The first kappa shape index (κ1) is 24.4. The molecule has 1 fully saturated rings. The molecule has 9 heteroatoms. The number of carbonyl (C=O) groups is 2. The third kappa shape index (κ3) is 7.69. The molecule has 0 aliphatic carbocycles. The van der Waals surface area contributed by atoms with Crippen LogP contribution >= 0.6 is 0 Å². The van der Waals surface area contributed by atoms with E-state index in [1.165, 1.54) is 29.2 Å². The van der Waals surface area contributed by atoms with Gasteiger partial charge in [-0.2, -0.15) is 0 Å². The van der Waals surface area contributed by atoms with Crippen molar-refractivity contribution in [3.63, 3.8) is 0 Å². The molecule has 1 aliphatic rings. The molecule has 0 radical (unpaired) electrons. The Morgan fingerprint density at radius 1 is 1.06 bits per heavy atom. The van der Waals surface area contributed by atoms with Gasteiger partial charge in [0.2, 0.25) is 11.8 Å². The summed E-state index contributed by atoms with van der Waals surface area (Å²) in [4.78, 5) is 28.7. The van der Waals surface area contributed by atoms with Crippen molar-refractivity contribution < 1.29 is 32.2 Å². The molecule has 1 aliphatic heterocycles. The lowest BCUT2D eigenvalue weighted by Gasteiger charge is -2.34. The summed E-state index contributed by atoms with van der Waals surface area (Å²) in [6.07, 6.45) is -3.09. The second-order valence-electron chi connectivity index (χ2n) is 7.98. The lowest BCUT2D eigenvalue weighted by molar-refractivity contribution is -0.274. The molecule has 0 aromatic heterocycles. The molecular weight excluding hydrogens is 437 g/mol. The molecule has 0 bridgehead atoms. The van der Waals surface area contributed by atoms with Gasteiger partial charge in [0.1, 0.15) is 11.5 Å². The first-order chi connectivity index (χ1) is 15.7. The van der Waals surface area contributed by atoms with Crippen molar-refractivity contribution >= 4 is 11.8 Å². The highest BCUT2D eigenvalue weighted by Crippen LogP contribution is 2.24. The normalized spacial score (nSPS) is 16.2. The number of piperidine rings is 1. The maximum absolute atomic E-state index is 12.9. The van der Waals surface area contributed by atoms with E-state index < -0.39 is 6.36 Å². The number of nitrogens with zero attached hydrogens (tertiary/aromatic N) is 2. The van der Waals surface area contributed by atoms with Crippen LogP contribution in [0.15, 0.2) is 54.6 Å².